The maximum Gasteiger partial charge on any atom is 0.272 e. The second-order valence-electron chi connectivity index (χ2n) is 5.32. The van der Waals surface area contributed by atoms with Crippen molar-refractivity contribution >= 4 is 11.8 Å². The molecule has 0 radical (unpaired) electrons. The van der Waals surface area contributed by atoms with E-state index in [0.29, 0.717) is 6.42 Å². The Bertz CT molecular complexity index is 684. The van der Waals surface area contributed by atoms with Crippen LogP contribution in [0, 0.1) is 12.7 Å². The maximum atomic E-state index is 13.4. The molecule has 0 bridgehead atoms. The summed E-state index contributed by atoms with van der Waals surface area (Å²) in [5.41, 5.74) is 6.77. The maximum absolute atomic E-state index is 13.4. The third-order valence-corrected chi connectivity index (χ3v) is 3.42. The molecule has 5 heteroatoms. The summed E-state index contributed by atoms with van der Waals surface area (Å²) in [4.78, 5) is 23.4. The number of nitrogens with one attached hydrogen (secondary N) is 2. The quantitative estimate of drug-likeness (QED) is 0.834. The van der Waals surface area contributed by atoms with E-state index >= 15 is 0 Å². The van der Waals surface area contributed by atoms with Crippen LogP contribution >= 0.6 is 0 Å². The SMILES string of the molecule is Cc1ccc(CCCC(=O)NNC(=O)c2ccccc2F)cc1. The average Bonchev–Trinajstić information content (AvgIpc) is 2.55. The van der Waals surface area contributed by atoms with Gasteiger partial charge in [0.15, 0.2) is 0 Å². The van der Waals surface area contributed by atoms with Crippen molar-refractivity contribution in [1.29, 1.82) is 0 Å². The van der Waals surface area contributed by atoms with Gasteiger partial charge in [-0.2, -0.15) is 0 Å². The fraction of sp³-hybridized carbons (Fsp3) is 0.222. The second kappa shape index (κ2) is 8.08. The lowest BCUT2D eigenvalue weighted by molar-refractivity contribution is -0.121. The van der Waals surface area contributed by atoms with Gasteiger partial charge in [-0.1, -0.05) is 42.0 Å². The highest BCUT2D eigenvalue weighted by Crippen LogP contribution is 2.07. The smallest absolute Gasteiger partial charge is 0.272 e. The van der Waals surface area contributed by atoms with Crippen LogP contribution < -0.4 is 10.9 Å². The molecule has 0 aliphatic carbocycles. The number of benzene rings is 2. The van der Waals surface area contributed by atoms with Crippen molar-refractivity contribution in [2.45, 2.75) is 26.2 Å². The van der Waals surface area contributed by atoms with Crippen molar-refractivity contribution < 1.29 is 14.0 Å². The van der Waals surface area contributed by atoms with Gasteiger partial charge in [-0.05, 0) is 37.5 Å². The van der Waals surface area contributed by atoms with E-state index in [1.165, 1.54) is 29.3 Å². The Morgan fingerprint density at radius 2 is 1.70 bits per heavy atom. The second-order valence-corrected chi connectivity index (χ2v) is 5.32. The number of hydrogen-bond donors (Lipinski definition) is 2. The zero-order chi connectivity index (χ0) is 16.7. The highest BCUT2D eigenvalue weighted by atomic mass is 19.1. The minimum atomic E-state index is -0.671. The van der Waals surface area contributed by atoms with Crippen LogP contribution in [0.4, 0.5) is 4.39 Å². The number of carbonyl (C=O) groups excluding carboxylic acids is 2. The topological polar surface area (TPSA) is 58.2 Å². The summed E-state index contributed by atoms with van der Waals surface area (Å²) in [7, 11) is 0. The lowest BCUT2D eigenvalue weighted by Crippen LogP contribution is -2.41. The number of aryl methyl sites for hydroxylation is 2. The first-order valence-corrected chi connectivity index (χ1v) is 7.45. The van der Waals surface area contributed by atoms with Crippen molar-refractivity contribution in [3.63, 3.8) is 0 Å². The molecule has 0 saturated carbocycles. The standard InChI is InChI=1S/C18H19FN2O2/c1-13-9-11-14(12-10-13)5-4-8-17(22)20-21-18(23)15-6-2-3-7-16(15)19/h2-3,6-7,9-12H,4-5,8H2,1H3,(H,20,22)(H,21,23). The molecule has 2 N–H and O–H groups in total. The molecule has 0 spiro atoms. The molecular formula is C18H19FN2O2. The van der Waals surface area contributed by atoms with Gasteiger partial charge >= 0.3 is 0 Å². The van der Waals surface area contributed by atoms with E-state index in [9.17, 15) is 14.0 Å². The van der Waals surface area contributed by atoms with Crippen molar-refractivity contribution in [3.8, 4) is 0 Å². The number of hydrazine groups is 1. The zero-order valence-electron chi connectivity index (χ0n) is 12.9. The summed E-state index contributed by atoms with van der Waals surface area (Å²) < 4.78 is 13.4. The van der Waals surface area contributed by atoms with Gasteiger partial charge in [0.2, 0.25) is 5.91 Å². The van der Waals surface area contributed by atoms with Gasteiger partial charge in [0.05, 0.1) is 5.56 Å². The van der Waals surface area contributed by atoms with Crippen LogP contribution in [0.2, 0.25) is 0 Å². The molecule has 2 aromatic carbocycles. The number of halogens is 1. The molecule has 2 amide bonds. The molecule has 23 heavy (non-hydrogen) atoms. The highest BCUT2D eigenvalue weighted by molar-refractivity contribution is 5.95. The van der Waals surface area contributed by atoms with Crippen LogP contribution in [0.15, 0.2) is 48.5 Å². The van der Waals surface area contributed by atoms with Gasteiger partial charge in [-0.3, -0.25) is 20.4 Å². The van der Waals surface area contributed by atoms with E-state index in [4.69, 9.17) is 0 Å². The molecule has 0 unspecified atom stereocenters. The molecule has 0 aliphatic heterocycles. The van der Waals surface area contributed by atoms with Gasteiger partial charge in [-0.25, -0.2) is 4.39 Å². The molecule has 120 valence electrons. The van der Waals surface area contributed by atoms with Gasteiger partial charge in [0.25, 0.3) is 5.91 Å². The van der Waals surface area contributed by atoms with Crippen LogP contribution in [-0.2, 0) is 11.2 Å². The van der Waals surface area contributed by atoms with Crippen LogP contribution in [0.3, 0.4) is 0 Å². The van der Waals surface area contributed by atoms with Gasteiger partial charge in [-0.15, -0.1) is 0 Å². The van der Waals surface area contributed by atoms with E-state index < -0.39 is 11.7 Å². The zero-order valence-corrected chi connectivity index (χ0v) is 12.9. The van der Waals surface area contributed by atoms with Gasteiger partial charge in [0, 0.05) is 6.42 Å². The molecule has 0 heterocycles. The van der Waals surface area contributed by atoms with Crippen molar-refractivity contribution in [2.24, 2.45) is 0 Å². The lowest BCUT2D eigenvalue weighted by Gasteiger charge is -2.08. The molecular weight excluding hydrogens is 295 g/mol. The third kappa shape index (κ3) is 5.21. The number of hydrogen-bond acceptors (Lipinski definition) is 2. The Morgan fingerprint density at radius 1 is 1.00 bits per heavy atom. The predicted octanol–water partition coefficient (Wildman–Crippen LogP) is 2.92. The lowest BCUT2D eigenvalue weighted by atomic mass is 10.1. The average molecular weight is 314 g/mol. The Morgan fingerprint density at radius 3 is 2.39 bits per heavy atom. The third-order valence-electron chi connectivity index (χ3n) is 3.42. The van der Waals surface area contributed by atoms with Crippen molar-refractivity contribution in [2.75, 3.05) is 0 Å². The summed E-state index contributed by atoms with van der Waals surface area (Å²) >= 11 is 0. The van der Waals surface area contributed by atoms with Crippen molar-refractivity contribution in [1.82, 2.24) is 10.9 Å². The molecule has 4 nitrogen and oxygen atoms in total. The molecule has 0 aromatic heterocycles. The van der Waals surface area contributed by atoms with E-state index in [0.717, 1.165) is 6.42 Å². The molecule has 0 atom stereocenters. The van der Waals surface area contributed by atoms with Crippen LogP contribution in [0.25, 0.3) is 0 Å². The van der Waals surface area contributed by atoms with Crippen LogP contribution in [-0.4, -0.2) is 11.8 Å². The minimum Gasteiger partial charge on any atom is -0.273 e. The largest absolute Gasteiger partial charge is 0.273 e. The Kier molecular flexibility index (Phi) is 5.86. The van der Waals surface area contributed by atoms with E-state index in [-0.39, 0.29) is 17.9 Å². The van der Waals surface area contributed by atoms with Crippen LogP contribution in [0.5, 0.6) is 0 Å². The Labute approximate surface area is 134 Å². The summed E-state index contributed by atoms with van der Waals surface area (Å²) in [5.74, 6) is -1.60. The molecule has 0 saturated heterocycles. The summed E-state index contributed by atoms with van der Waals surface area (Å²) in [6, 6.07) is 13.7. The minimum absolute atomic E-state index is 0.104. The summed E-state index contributed by atoms with van der Waals surface area (Å²) in [6.07, 6.45) is 1.74. The molecule has 2 rings (SSSR count). The van der Waals surface area contributed by atoms with Crippen LogP contribution in [0.1, 0.15) is 34.3 Å². The highest BCUT2D eigenvalue weighted by Gasteiger charge is 2.11. The summed E-state index contributed by atoms with van der Waals surface area (Å²) in [6.45, 7) is 2.02. The normalized spacial score (nSPS) is 10.2. The van der Waals surface area contributed by atoms with Gasteiger partial charge in [0.1, 0.15) is 5.82 Å². The number of amides is 2. The summed E-state index contributed by atoms with van der Waals surface area (Å²) in [5, 5.41) is 0. The first-order chi connectivity index (χ1) is 11.1. The monoisotopic (exact) mass is 314 g/mol. The Hall–Kier alpha value is -2.69. The molecule has 0 fully saturated rings. The van der Waals surface area contributed by atoms with E-state index in [1.807, 2.05) is 31.2 Å². The predicted molar refractivity (Wildman–Crippen MR) is 86.1 cm³/mol. The fourth-order valence-corrected chi connectivity index (χ4v) is 2.11. The van der Waals surface area contributed by atoms with Crippen molar-refractivity contribution in [3.05, 3.63) is 71.0 Å². The molecule has 0 aliphatic rings. The first-order valence-electron chi connectivity index (χ1n) is 7.45. The Balaban J connectivity index is 1.72. The van der Waals surface area contributed by atoms with E-state index in [1.54, 1.807) is 6.07 Å². The van der Waals surface area contributed by atoms with E-state index in [2.05, 4.69) is 10.9 Å². The van der Waals surface area contributed by atoms with Gasteiger partial charge < -0.3 is 0 Å². The number of carbonyl (C=O) groups is 2. The fourth-order valence-electron chi connectivity index (χ4n) is 2.11. The number of rotatable bonds is 5. The first kappa shape index (κ1) is 16.7. The molecule has 2 aromatic rings.